The summed E-state index contributed by atoms with van der Waals surface area (Å²) in [7, 11) is -3.63. The van der Waals surface area contributed by atoms with Gasteiger partial charge in [0.1, 0.15) is 5.82 Å². The highest BCUT2D eigenvalue weighted by Crippen LogP contribution is 2.31. The number of benzene rings is 2. The van der Waals surface area contributed by atoms with Crippen LogP contribution in [0.5, 0.6) is 0 Å². The molecule has 0 N–H and O–H groups in total. The lowest BCUT2D eigenvalue weighted by molar-refractivity contribution is 0.307. The first-order chi connectivity index (χ1) is 13.4. The van der Waals surface area contributed by atoms with Crippen molar-refractivity contribution in [2.24, 2.45) is 0 Å². The Balaban J connectivity index is 1.46. The third kappa shape index (κ3) is 3.57. The monoisotopic (exact) mass is 401 g/mol. The molecule has 1 aromatic heterocycles. The number of piperidine rings is 1. The number of hydrogen-bond donors (Lipinski definition) is 0. The zero-order chi connectivity index (χ0) is 19.7. The number of rotatable bonds is 4. The largest absolute Gasteiger partial charge is 0.334 e. The maximum Gasteiger partial charge on any atom is 0.258 e. The lowest BCUT2D eigenvalue weighted by atomic mass is 9.97. The van der Waals surface area contributed by atoms with Crippen molar-refractivity contribution in [3.05, 3.63) is 65.7 Å². The van der Waals surface area contributed by atoms with E-state index >= 15 is 0 Å². The summed E-state index contributed by atoms with van der Waals surface area (Å²) in [6, 6.07) is 12.7. The van der Waals surface area contributed by atoms with Gasteiger partial charge in [-0.3, -0.25) is 0 Å². The van der Waals surface area contributed by atoms with Crippen LogP contribution in [0, 0.1) is 12.7 Å². The van der Waals surface area contributed by atoms with E-state index in [0.717, 1.165) is 23.3 Å². The first-order valence-corrected chi connectivity index (χ1v) is 10.5. The normalized spacial score (nSPS) is 16.4. The van der Waals surface area contributed by atoms with E-state index in [2.05, 4.69) is 10.1 Å². The van der Waals surface area contributed by atoms with Crippen molar-refractivity contribution in [2.75, 3.05) is 13.1 Å². The molecule has 28 heavy (non-hydrogen) atoms. The van der Waals surface area contributed by atoms with E-state index in [0.29, 0.717) is 37.6 Å². The highest BCUT2D eigenvalue weighted by atomic mass is 32.2. The molecule has 4 rings (SSSR count). The first-order valence-electron chi connectivity index (χ1n) is 9.10. The molecule has 0 amide bonds. The molecular formula is C20H20FN3O3S. The molecular weight excluding hydrogens is 381 g/mol. The third-order valence-corrected chi connectivity index (χ3v) is 7.00. The minimum absolute atomic E-state index is 0.0428. The van der Waals surface area contributed by atoms with Crippen molar-refractivity contribution in [3.63, 3.8) is 0 Å². The number of nitrogens with zero attached hydrogens (tertiary/aromatic N) is 3. The van der Waals surface area contributed by atoms with Crippen molar-refractivity contribution >= 4 is 10.0 Å². The van der Waals surface area contributed by atoms with Crippen molar-refractivity contribution in [1.82, 2.24) is 14.4 Å². The zero-order valence-electron chi connectivity index (χ0n) is 15.4. The molecule has 0 unspecified atom stereocenters. The Bertz CT molecular complexity index is 1070. The zero-order valence-corrected chi connectivity index (χ0v) is 16.2. The SMILES string of the molecule is Cc1ccccc1-c1nc(C2CCN(S(=O)(=O)c3ccc(F)cc3)CC2)no1. The number of hydrogen-bond acceptors (Lipinski definition) is 5. The Morgan fingerprint density at radius 2 is 1.75 bits per heavy atom. The molecule has 1 aliphatic heterocycles. The molecule has 0 spiro atoms. The summed E-state index contributed by atoms with van der Waals surface area (Å²) < 4.78 is 45.4. The second kappa shape index (κ2) is 7.44. The Kier molecular flexibility index (Phi) is 4.99. The molecule has 1 fully saturated rings. The predicted octanol–water partition coefficient (Wildman–Crippen LogP) is 3.75. The second-order valence-electron chi connectivity index (χ2n) is 6.90. The summed E-state index contributed by atoms with van der Waals surface area (Å²) in [6.45, 7) is 2.70. The first kappa shape index (κ1) is 18.8. The van der Waals surface area contributed by atoms with Gasteiger partial charge in [-0.1, -0.05) is 23.4 Å². The lowest BCUT2D eigenvalue weighted by Gasteiger charge is -2.29. The van der Waals surface area contributed by atoms with E-state index in [1.54, 1.807) is 0 Å². The van der Waals surface area contributed by atoms with Crippen LogP contribution in [0.15, 0.2) is 57.9 Å². The third-order valence-electron chi connectivity index (χ3n) is 5.09. The van der Waals surface area contributed by atoms with E-state index < -0.39 is 15.8 Å². The van der Waals surface area contributed by atoms with Gasteiger partial charge < -0.3 is 4.52 Å². The van der Waals surface area contributed by atoms with Crippen LogP contribution < -0.4 is 0 Å². The molecule has 2 heterocycles. The van der Waals surface area contributed by atoms with Crippen LogP contribution in [0.4, 0.5) is 4.39 Å². The molecule has 0 atom stereocenters. The van der Waals surface area contributed by atoms with E-state index in [9.17, 15) is 12.8 Å². The lowest BCUT2D eigenvalue weighted by Crippen LogP contribution is -2.38. The molecule has 0 radical (unpaired) electrons. The summed E-state index contributed by atoms with van der Waals surface area (Å²) in [4.78, 5) is 4.64. The molecule has 6 nitrogen and oxygen atoms in total. The van der Waals surface area contributed by atoms with Crippen molar-refractivity contribution in [2.45, 2.75) is 30.6 Å². The Labute approximate surface area is 163 Å². The highest BCUT2D eigenvalue weighted by molar-refractivity contribution is 7.89. The molecule has 2 aromatic carbocycles. The molecule has 146 valence electrons. The van der Waals surface area contributed by atoms with E-state index in [1.807, 2.05) is 31.2 Å². The Morgan fingerprint density at radius 3 is 2.43 bits per heavy atom. The minimum Gasteiger partial charge on any atom is -0.334 e. The van der Waals surface area contributed by atoms with Crippen LogP contribution in [0.3, 0.4) is 0 Å². The fourth-order valence-electron chi connectivity index (χ4n) is 3.43. The van der Waals surface area contributed by atoms with Crippen LogP contribution >= 0.6 is 0 Å². The van der Waals surface area contributed by atoms with Gasteiger partial charge in [0.2, 0.25) is 10.0 Å². The van der Waals surface area contributed by atoms with Gasteiger partial charge >= 0.3 is 0 Å². The van der Waals surface area contributed by atoms with Crippen LogP contribution in [0.1, 0.15) is 30.1 Å². The van der Waals surface area contributed by atoms with Gasteiger partial charge in [0.05, 0.1) is 4.90 Å². The van der Waals surface area contributed by atoms with Crippen LogP contribution in [-0.4, -0.2) is 36.0 Å². The fourth-order valence-corrected chi connectivity index (χ4v) is 4.90. The van der Waals surface area contributed by atoms with Gasteiger partial charge in [-0.25, -0.2) is 12.8 Å². The molecule has 0 bridgehead atoms. The van der Waals surface area contributed by atoms with Crippen LogP contribution in [-0.2, 0) is 10.0 Å². The Hall–Kier alpha value is -2.58. The molecule has 1 aliphatic rings. The van der Waals surface area contributed by atoms with E-state index in [1.165, 1.54) is 16.4 Å². The number of halogens is 1. The molecule has 0 saturated carbocycles. The fraction of sp³-hybridized carbons (Fsp3) is 0.300. The molecule has 0 aliphatic carbocycles. The molecule has 8 heteroatoms. The van der Waals surface area contributed by atoms with Gasteiger partial charge in [0.25, 0.3) is 5.89 Å². The average Bonchev–Trinajstić information content (AvgIpc) is 3.19. The maximum absolute atomic E-state index is 13.1. The van der Waals surface area contributed by atoms with E-state index in [4.69, 9.17) is 4.52 Å². The summed E-state index contributed by atoms with van der Waals surface area (Å²) >= 11 is 0. The van der Waals surface area contributed by atoms with E-state index in [-0.39, 0.29) is 10.8 Å². The van der Waals surface area contributed by atoms with Crippen molar-refractivity contribution in [1.29, 1.82) is 0 Å². The maximum atomic E-state index is 13.1. The van der Waals surface area contributed by atoms with Crippen LogP contribution in [0.2, 0.25) is 0 Å². The van der Waals surface area contributed by atoms with Gasteiger partial charge in [-0.05, 0) is 55.7 Å². The second-order valence-corrected chi connectivity index (χ2v) is 8.84. The van der Waals surface area contributed by atoms with Crippen molar-refractivity contribution < 1.29 is 17.3 Å². The highest BCUT2D eigenvalue weighted by Gasteiger charge is 2.32. The summed E-state index contributed by atoms with van der Waals surface area (Å²) in [5.41, 5.74) is 1.95. The quantitative estimate of drug-likeness (QED) is 0.665. The Morgan fingerprint density at radius 1 is 1.07 bits per heavy atom. The van der Waals surface area contributed by atoms with Gasteiger partial charge in [-0.2, -0.15) is 9.29 Å². The summed E-state index contributed by atoms with van der Waals surface area (Å²) in [6.07, 6.45) is 1.21. The topological polar surface area (TPSA) is 76.3 Å². The van der Waals surface area contributed by atoms with Gasteiger partial charge in [-0.15, -0.1) is 0 Å². The smallest absolute Gasteiger partial charge is 0.258 e. The molecule has 3 aromatic rings. The number of aromatic nitrogens is 2. The van der Waals surface area contributed by atoms with Gasteiger partial charge in [0.15, 0.2) is 5.82 Å². The summed E-state index contributed by atoms with van der Waals surface area (Å²) in [5, 5.41) is 4.12. The average molecular weight is 401 g/mol. The van der Waals surface area contributed by atoms with Crippen molar-refractivity contribution in [3.8, 4) is 11.5 Å². The number of aryl methyl sites for hydroxylation is 1. The van der Waals surface area contributed by atoms with Crippen LogP contribution in [0.25, 0.3) is 11.5 Å². The minimum atomic E-state index is -3.63. The number of sulfonamides is 1. The molecule has 1 saturated heterocycles. The predicted molar refractivity (Wildman–Crippen MR) is 102 cm³/mol. The summed E-state index contributed by atoms with van der Waals surface area (Å²) in [5.74, 6) is 0.673. The standard InChI is InChI=1S/C20H20FN3O3S/c1-14-4-2-3-5-18(14)20-22-19(23-27-20)15-10-12-24(13-11-15)28(25,26)17-8-6-16(21)7-9-17/h2-9,15H,10-13H2,1H3. The van der Waals surface area contributed by atoms with Gasteiger partial charge in [0, 0.05) is 24.6 Å².